The lowest BCUT2D eigenvalue weighted by atomic mass is 10.2. The van der Waals surface area contributed by atoms with Crippen molar-refractivity contribution in [3.8, 4) is 5.82 Å². The third-order valence-corrected chi connectivity index (χ3v) is 5.32. The molecule has 0 atom stereocenters. The van der Waals surface area contributed by atoms with Crippen LogP contribution in [0, 0.1) is 6.92 Å². The van der Waals surface area contributed by atoms with E-state index in [4.69, 9.17) is 0 Å². The lowest BCUT2D eigenvalue weighted by molar-refractivity contribution is -0.137. The van der Waals surface area contributed by atoms with Crippen LogP contribution >= 0.6 is 11.3 Å². The summed E-state index contributed by atoms with van der Waals surface area (Å²) in [5.41, 5.74) is 0.811. The van der Waals surface area contributed by atoms with Crippen molar-refractivity contribution in [2.45, 2.75) is 19.6 Å². The van der Waals surface area contributed by atoms with E-state index in [1.54, 1.807) is 6.92 Å². The number of pyridine rings is 1. The molecule has 0 bridgehead atoms. The monoisotopic (exact) mass is 417 g/mol. The zero-order valence-electron chi connectivity index (χ0n) is 15.1. The van der Waals surface area contributed by atoms with Gasteiger partial charge in [-0.2, -0.15) is 18.3 Å². The van der Waals surface area contributed by atoms with Crippen LogP contribution in [0.4, 0.5) is 13.2 Å². The maximum atomic E-state index is 12.7. The number of carbonyl (C=O) groups excluding carboxylic acids is 1. The number of nitrogens with zero attached hydrogens (tertiary/aromatic N) is 4. The van der Waals surface area contributed by atoms with Crippen LogP contribution in [0.3, 0.4) is 0 Å². The number of para-hydroxylation sites is 1. The third-order valence-electron chi connectivity index (χ3n) is 4.28. The Kier molecular flexibility index (Phi) is 4.79. The van der Waals surface area contributed by atoms with Gasteiger partial charge >= 0.3 is 6.18 Å². The minimum Gasteiger partial charge on any atom is -0.345 e. The van der Waals surface area contributed by atoms with Crippen molar-refractivity contribution < 1.29 is 18.0 Å². The fraction of sp³-hybridized carbons (Fsp3) is 0.158. The van der Waals surface area contributed by atoms with Crippen molar-refractivity contribution in [1.29, 1.82) is 0 Å². The van der Waals surface area contributed by atoms with Crippen LogP contribution in [-0.2, 0) is 12.7 Å². The van der Waals surface area contributed by atoms with Crippen molar-refractivity contribution >= 4 is 27.5 Å². The number of nitrogens with one attached hydrogen (secondary N) is 1. The molecule has 1 N–H and O–H groups in total. The van der Waals surface area contributed by atoms with Crippen molar-refractivity contribution in [2.24, 2.45) is 0 Å². The van der Waals surface area contributed by atoms with Crippen LogP contribution in [0.25, 0.3) is 16.0 Å². The Morgan fingerprint density at radius 3 is 2.66 bits per heavy atom. The summed E-state index contributed by atoms with van der Waals surface area (Å²) in [7, 11) is 0. The lowest BCUT2D eigenvalue weighted by Gasteiger charge is -2.08. The Morgan fingerprint density at radius 2 is 1.97 bits per heavy atom. The molecule has 3 aromatic heterocycles. The van der Waals surface area contributed by atoms with Gasteiger partial charge in [0.2, 0.25) is 0 Å². The quantitative estimate of drug-likeness (QED) is 0.542. The van der Waals surface area contributed by atoms with Gasteiger partial charge in [0, 0.05) is 6.20 Å². The first-order valence-electron chi connectivity index (χ1n) is 8.54. The molecule has 1 aromatic carbocycles. The van der Waals surface area contributed by atoms with Crippen LogP contribution in [0.15, 0.2) is 48.8 Å². The van der Waals surface area contributed by atoms with Gasteiger partial charge in [-0.1, -0.05) is 12.1 Å². The summed E-state index contributed by atoms with van der Waals surface area (Å²) in [6, 6.07) is 9.83. The number of benzene rings is 1. The summed E-state index contributed by atoms with van der Waals surface area (Å²) in [4.78, 5) is 20.8. The van der Waals surface area contributed by atoms with E-state index >= 15 is 0 Å². The summed E-state index contributed by atoms with van der Waals surface area (Å²) in [5.74, 6) is -0.152. The van der Waals surface area contributed by atoms with Gasteiger partial charge in [0.25, 0.3) is 5.91 Å². The second-order valence-electron chi connectivity index (χ2n) is 6.22. The molecule has 0 aliphatic carbocycles. The molecule has 0 saturated carbocycles. The number of thiazole rings is 1. The number of alkyl halides is 3. The highest BCUT2D eigenvalue weighted by Crippen LogP contribution is 2.29. The molecular formula is C19H14F3N5OS. The Labute approximate surface area is 167 Å². The smallest absolute Gasteiger partial charge is 0.345 e. The van der Waals surface area contributed by atoms with Gasteiger partial charge in [-0.3, -0.25) is 4.79 Å². The van der Waals surface area contributed by atoms with E-state index < -0.39 is 11.7 Å². The first kappa shape index (κ1) is 19.1. The number of halogens is 3. The largest absolute Gasteiger partial charge is 0.417 e. The summed E-state index contributed by atoms with van der Waals surface area (Å²) in [6.07, 6.45) is -2.36. The molecule has 0 spiro atoms. The van der Waals surface area contributed by atoms with Crippen LogP contribution in [-0.4, -0.2) is 25.7 Å². The van der Waals surface area contributed by atoms with Gasteiger partial charge in [-0.05, 0) is 31.2 Å². The number of amides is 1. The molecule has 1 amide bonds. The van der Waals surface area contributed by atoms with Gasteiger partial charge in [0.15, 0.2) is 5.82 Å². The number of hydrogen-bond acceptors (Lipinski definition) is 5. The highest BCUT2D eigenvalue weighted by Gasteiger charge is 2.30. The van der Waals surface area contributed by atoms with Crippen molar-refractivity contribution in [1.82, 2.24) is 25.1 Å². The Hall–Kier alpha value is -3.27. The van der Waals surface area contributed by atoms with E-state index in [1.807, 2.05) is 24.3 Å². The molecule has 4 rings (SSSR count). The molecule has 10 heteroatoms. The first-order chi connectivity index (χ1) is 13.8. The third kappa shape index (κ3) is 3.83. The molecule has 3 heterocycles. The maximum Gasteiger partial charge on any atom is 0.417 e. The fourth-order valence-electron chi connectivity index (χ4n) is 2.79. The number of aromatic nitrogens is 4. The van der Waals surface area contributed by atoms with Crippen molar-refractivity contribution in [2.75, 3.05) is 0 Å². The number of hydrogen-bond donors (Lipinski definition) is 1. The Morgan fingerprint density at radius 1 is 1.17 bits per heavy atom. The van der Waals surface area contributed by atoms with Crippen LogP contribution in [0.1, 0.15) is 26.6 Å². The summed E-state index contributed by atoms with van der Waals surface area (Å²) in [5, 5.41) is 7.66. The first-order valence-corrected chi connectivity index (χ1v) is 9.35. The minimum atomic E-state index is -4.46. The summed E-state index contributed by atoms with van der Waals surface area (Å²) < 4.78 is 40.4. The van der Waals surface area contributed by atoms with E-state index in [-0.39, 0.29) is 18.3 Å². The molecule has 0 unspecified atom stereocenters. The van der Waals surface area contributed by atoms with Crippen molar-refractivity contribution in [3.63, 3.8) is 0 Å². The lowest BCUT2D eigenvalue weighted by Crippen LogP contribution is -2.23. The summed E-state index contributed by atoms with van der Waals surface area (Å²) in [6.45, 7) is 1.92. The second kappa shape index (κ2) is 7.28. The number of rotatable bonds is 4. The summed E-state index contributed by atoms with van der Waals surface area (Å²) >= 11 is 1.50. The minimum absolute atomic E-state index is 0.195. The Balaban J connectivity index is 1.49. The van der Waals surface area contributed by atoms with Crippen molar-refractivity contribution in [3.05, 3.63) is 70.6 Å². The maximum absolute atomic E-state index is 12.7. The zero-order valence-corrected chi connectivity index (χ0v) is 15.9. The van der Waals surface area contributed by atoms with Gasteiger partial charge in [0.1, 0.15) is 5.01 Å². The molecule has 4 aromatic rings. The molecule has 0 radical (unpaired) electrons. The SMILES string of the molecule is Cc1c(C(=O)NCc2nc3ccccc3s2)cnn1-c1ccc(C(F)(F)F)cn1. The molecule has 0 fully saturated rings. The van der Waals surface area contributed by atoms with E-state index in [1.165, 1.54) is 28.3 Å². The molecule has 6 nitrogen and oxygen atoms in total. The predicted octanol–water partition coefficient (Wildman–Crippen LogP) is 4.13. The highest BCUT2D eigenvalue weighted by molar-refractivity contribution is 7.18. The van der Waals surface area contributed by atoms with E-state index in [2.05, 4.69) is 20.4 Å². The molecule has 148 valence electrons. The standard InChI is InChI=1S/C19H14F3N5OS/c1-11-13(9-25-27(11)16-7-6-12(8-23-16)19(20,21)22)18(28)24-10-17-26-14-4-2-3-5-15(14)29-17/h2-9H,10H2,1H3,(H,24,28). The number of fused-ring (bicyclic) bond motifs is 1. The Bertz CT molecular complexity index is 1150. The van der Waals surface area contributed by atoms with Gasteiger partial charge in [-0.15, -0.1) is 11.3 Å². The molecule has 0 aliphatic heterocycles. The van der Waals surface area contributed by atoms with E-state index in [9.17, 15) is 18.0 Å². The topological polar surface area (TPSA) is 72.7 Å². The van der Waals surface area contributed by atoms with E-state index in [0.717, 1.165) is 27.5 Å². The van der Waals surface area contributed by atoms with Gasteiger partial charge in [-0.25, -0.2) is 14.6 Å². The molecular weight excluding hydrogens is 403 g/mol. The normalized spacial score (nSPS) is 11.7. The van der Waals surface area contributed by atoms with Gasteiger partial charge in [0.05, 0.1) is 39.8 Å². The van der Waals surface area contributed by atoms with E-state index in [0.29, 0.717) is 11.3 Å². The van der Waals surface area contributed by atoms with Crippen LogP contribution in [0.2, 0.25) is 0 Å². The average molecular weight is 417 g/mol. The van der Waals surface area contributed by atoms with Crippen LogP contribution in [0.5, 0.6) is 0 Å². The molecule has 0 saturated heterocycles. The highest BCUT2D eigenvalue weighted by atomic mass is 32.1. The fourth-order valence-corrected chi connectivity index (χ4v) is 3.70. The van der Waals surface area contributed by atoms with Gasteiger partial charge < -0.3 is 5.32 Å². The molecule has 29 heavy (non-hydrogen) atoms. The zero-order chi connectivity index (χ0) is 20.6. The molecule has 0 aliphatic rings. The predicted molar refractivity (Wildman–Crippen MR) is 102 cm³/mol. The second-order valence-corrected chi connectivity index (χ2v) is 7.33. The van der Waals surface area contributed by atoms with Crippen LogP contribution < -0.4 is 5.32 Å². The average Bonchev–Trinajstić information content (AvgIpc) is 3.28. The number of carbonyl (C=O) groups is 1.